The van der Waals surface area contributed by atoms with Crippen molar-refractivity contribution in [1.82, 2.24) is 20.5 Å². The van der Waals surface area contributed by atoms with Crippen LogP contribution in [0.3, 0.4) is 0 Å². The highest BCUT2D eigenvalue weighted by Crippen LogP contribution is 2.21. The summed E-state index contributed by atoms with van der Waals surface area (Å²) in [5.74, 6) is 0.939. The largest absolute Gasteiger partial charge is 0.383 e. The number of benzene rings is 1. The summed E-state index contributed by atoms with van der Waals surface area (Å²) in [6.45, 7) is 10.0. The number of methoxy groups -OCH3 is 1. The zero-order valence-electron chi connectivity index (χ0n) is 17.6. The molecule has 0 spiro atoms. The Hall–Kier alpha value is -2.05. The first-order chi connectivity index (χ1) is 13.7. The van der Waals surface area contributed by atoms with Gasteiger partial charge in [0, 0.05) is 63.0 Å². The summed E-state index contributed by atoms with van der Waals surface area (Å²) in [6.07, 6.45) is 5.37. The lowest BCUT2D eigenvalue weighted by Gasteiger charge is -2.32. The first-order valence-electron chi connectivity index (χ1n) is 10.5. The third-order valence-electron chi connectivity index (χ3n) is 5.54. The van der Waals surface area contributed by atoms with E-state index in [1.165, 1.54) is 22.0 Å². The molecule has 2 aromatic rings. The topological polar surface area (TPSA) is 64.7 Å². The molecule has 3 N–H and O–H groups in total. The molecule has 6 heteroatoms. The number of guanidine groups is 1. The van der Waals surface area contributed by atoms with Crippen LogP contribution in [0.4, 0.5) is 0 Å². The summed E-state index contributed by atoms with van der Waals surface area (Å²) in [5, 5.41) is 8.35. The van der Waals surface area contributed by atoms with Crippen LogP contribution in [-0.4, -0.2) is 68.3 Å². The summed E-state index contributed by atoms with van der Waals surface area (Å²) in [7, 11) is 1.77. The lowest BCUT2D eigenvalue weighted by atomic mass is 10.1. The van der Waals surface area contributed by atoms with Gasteiger partial charge in [0.05, 0.1) is 6.61 Å². The van der Waals surface area contributed by atoms with Crippen LogP contribution in [0.25, 0.3) is 10.9 Å². The number of aryl methyl sites for hydroxylation is 1. The van der Waals surface area contributed by atoms with Gasteiger partial charge >= 0.3 is 0 Å². The zero-order chi connectivity index (χ0) is 19.8. The molecule has 1 aromatic heterocycles. The van der Waals surface area contributed by atoms with E-state index in [1.807, 2.05) is 0 Å². The standard InChI is InChI=1S/C22H35N5O/c1-4-23-22(26-19-9-12-27(13-10-19)14-15-28-3)24-11-8-18-16-25-21-17(2)6-5-7-20(18)21/h5-7,16,19,25H,4,8-15H2,1-3H3,(H2,23,24,26). The number of nitrogens with zero attached hydrogens (tertiary/aromatic N) is 2. The van der Waals surface area contributed by atoms with Crippen LogP contribution in [0.2, 0.25) is 0 Å². The van der Waals surface area contributed by atoms with Gasteiger partial charge in [-0.3, -0.25) is 4.99 Å². The highest BCUT2D eigenvalue weighted by molar-refractivity contribution is 5.86. The number of ether oxygens (including phenoxy) is 1. The van der Waals surface area contributed by atoms with Gasteiger partial charge in [0.1, 0.15) is 0 Å². The predicted octanol–water partition coefficient (Wildman–Crippen LogP) is 2.68. The van der Waals surface area contributed by atoms with Gasteiger partial charge in [-0.1, -0.05) is 18.2 Å². The van der Waals surface area contributed by atoms with Gasteiger partial charge in [-0.25, -0.2) is 0 Å². The maximum Gasteiger partial charge on any atom is 0.191 e. The van der Waals surface area contributed by atoms with Crippen molar-refractivity contribution in [2.75, 3.05) is 46.4 Å². The number of aromatic nitrogens is 1. The minimum Gasteiger partial charge on any atom is -0.383 e. The molecule has 3 rings (SSSR count). The van der Waals surface area contributed by atoms with Crippen molar-refractivity contribution in [2.45, 2.75) is 39.2 Å². The summed E-state index contributed by atoms with van der Waals surface area (Å²) in [4.78, 5) is 10.7. The monoisotopic (exact) mass is 385 g/mol. The van der Waals surface area contributed by atoms with E-state index in [0.717, 1.165) is 64.6 Å². The number of fused-ring (bicyclic) bond motifs is 1. The van der Waals surface area contributed by atoms with E-state index in [1.54, 1.807) is 7.11 Å². The molecule has 2 heterocycles. The number of aromatic amines is 1. The Bertz CT molecular complexity index is 761. The summed E-state index contributed by atoms with van der Waals surface area (Å²) < 4.78 is 5.19. The van der Waals surface area contributed by atoms with Crippen LogP contribution in [0.1, 0.15) is 30.9 Å². The SMILES string of the molecule is CCNC(=NCCc1c[nH]c2c(C)cccc12)NC1CCN(CCOC)CC1. The minimum atomic E-state index is 0.493. The molecule has 0 amide bonds. The van der Waals surface area contributed by atoms with Gasteiger partial charge in [-0.05, 0) is 44.2 Å². The average Bonchev–Trinajstić information content (AvgIpc) is 3.12. The van der Waals surface area contributed by atoms with Gasteiger partial charge in [-0.2, -0.15) is 0 Å². The number of nitrogens with one attached hydrogen (secondary N) is 3. The number of H-pyrrole nitrogens is 1. The Morgan fingerprint density at radius 2 is 2.14 bits per heavy atom. The zero-order valence-corrected chi connectivity index (χ0v) is 17.6. The first kappa shape index (κ1) is 20.7. The Kier molecular flexibility index (Phi) is 7.74. The maximum atomic E-state index is 5.19. The first-order valence-corrected chi connectivity index (χ1v) is 10.5. The average molecular weight is 386 g/mol. The van der Waals surface area contributed by atoms with Gasteiger partial charge in [-0.15, -0.1) is 0 Å². The molecular weight excluding hydrogens is 350 g/mol. The fourth-order valence-corrected chi connectivity index (χ4v) is 3.89. The molecule has 0 atom stereocenters. The normalized spacial score (nSPS) is 16.6. The van der Waals surface area contributed by atoms with Gasteiger partial charge in [0.25, 0.3) is 0 Å². The molecule has 154 valence electrons. The molecule has 1 aliphatic rings. The van der Waals surface area contributed by atoms with Gasteiger partial charge < -0.3 is 25.3 Å². The van der Waals surface area contributed by atoms with E-state index >= 15 is 0 Å². The van der Waals surface area contributed by atoms with Crippen molar-refractivity contribution in [2.24, 2.45) is 4.99 Å². The molecule has 0 bridgehead atoms. The van der Waals surface area contributed by atoms with E-state index in [-0.39, 0.29) is 0 Å². The van der Waals surface area contributed by atoms with E-state index in [0.29, 0.717) is 6.04 Å². The molecule has 6 nitrogen and oxygen atoms in total. The summed E-state index contributed by atoms with van der Waals surface area (Å²) in [6, 6.07) is 6.96. The van der Waals surface area contributed by atoms with Crippen LogP contribution in [0, 0.1) is 6.92 Å². The second-order valence-electron chi connectivity index (χ2n) is 7.58. The van der Waals surface area contributed by atoms with E-state index in [2.05, 4.69) is 58.8 Å². The fraction of sp³-hybridized carbons (Fsp3) is 0.591. The number of piperidine rings is 1. The number of aliphatic imine (C=N–C) groups is 1. The second kappa shape index (κ2) is 10.5. The van der Waals surface area contributed by atoms with Gasteiger partial charge in [0.2, 0.25) is 0 Å². The number of likely N-dealkylation sites (tertiary alicyclic amines) is 1. The fourth-order valence-electron chi connectivity index (χ4n) is 3.89. The van der Waals surface area contributed by atoms with Gasteiger partial charge in [0.15, 0.2) is 5.96 Å². The molecule has 1 saturated heterocycles. The molecule has 0 aliphatic carbocycles. The molecule has 0 unspecified atom stereocenters. The van der Waals surface area contributed by atoms with Crippen molar-refractivity contribution < 1.29 is 4.74 Å². The third-order valence-corrected chi connectivity index (χ3v) is 5.54. The Morgan fingerprint density at radius 1 is 1.32 bits per heavy atom. The van der Waals surface area contributed by atoms with Crippen molar-refractivity contribution in [3.05, 3.63) is 35.5 Å². The molecule has 0 radical (unpaired) electrons. The van der Waals surface area contributed by atoms with Crippen molar-refractivity contribution >= 4 is 16.9 Å². The molecule has 1 aromatic carbocycles. The molecule has 0 saturated carbocycles. The lowest BCUT2D eigenvalue weighted by molar-refractivity contribution is 0.128. The maximum absolute atomic E-state index is 5.19. The van der Waals surface area contributed by atoms with Crippen LogP contribution in [0.5, 0.6) is 0 Å². The second-order valence-corrected chi connectivity index (χ2v) is 7.58. The molecule has 28 heavy (non-hydrogen) atoms. The molecule has 1 fully saturated rings. The summed E-state index contributed by atoms with van der Waals surface area (Å²) >= 11 is 0. The Morgan fingerprint density at radius 3 is 2.89 bits per heavy atom. The highest BCUT2D eigenvalue weighted by atomic mass is 16.5. The smallest absolute Gasteiger partial charge is 0.191 e. The number of hydrogen-bond acceptors (Lipinski definition) is 3. The van der Waals surface area contributed by atoms with Crippen LogP contribution < -0.4 is 10.6 Å². The van der Waals surface area contributed by atoms with E-state index < -0.39 is 0 Å². The van der Waals surface area contributed by atoms with E-state index in [4.69, 9.17) is 9.73 Å². The third kappa shape index (κ3) is 5.49. The number of para-hydroxylation sites is 1. The summed E-state index contributed by atoms with van der Waals surface area (Å²) in [5.41, 5.74) is 3.87. The van der Waals surface area contributed by atoms with Crippen LogP contribution in [-0.2, 0) is 11.2 Å². The van der Waals surface area contributed by atoms with Crippen molar-refractivity contribution in [1.29, 1.82) is 0 Å². The Balaban J connectivity index is 1.52. The molecular formula is C22H35N5O. The number of hydrogen-bond donors (Lipinski definition) is 3. The Labute approximate surface area is 168 Å². The minimum absolute atomic E-state index is 0.493. The van der Waals surface area contributed by atoms with Crippen LogP contribution >= 0.6 is 0 Å². The van der Waals surface area contributed by atoms with Crippen LogP contribution in [0.15, 0.2) is 29.4 Å². The quantitative estimate of drug-likeness (QED) is 0.483. The molecule has 1 aliphatic heterocycles. The lowest BCUT2D eigenvalue weighted by Crippen LogP contribution is -2.49. The highest BCUT2D eigenvalue weighted by Gasteiger charge is 2.19. The predicted molar refractivity (Wildman–Crippen MR) is 117 cm³/mol. The van der Waals surface area contributed by atoms with Crippen molar-refractivity contribution in [3.63, 3.8) is 0 Å². The van der Waals surface area contributed by atoms with E-state index in [9.17, 15) is 0 Å². The van der Waals surface area contributed by atoms with Crippen molar-refractivity contribution in [3.8, 4) is 0 Å². The number of rotatable bonds is 8.